The van der Waals surface area contributed by atoms with E-state index in [9.17, 15) is 0 Å². The van der Waals surface area contributed by atoms with E-state index in [0.29, 0.717) is 41.8 Å². The zero-order valence-electron chi connectivity index (χ0n) is 4.39. The molecule has 6 heavy (non-hydrogen) atoms. The molecule has 0 heterocycles. The third-order valence-corrected chi connectivity index (χ3v) is 11.8. The third kappa shape index (κ3) is 3.76. The quantitative estimate of drug-likeness (QED) is 0.673. The van der Waals surface area contributed by atoms with Gasteiger partial charge >= 0.3 is 60.7 Å². The average Bonchev–Trinajstić information content (AvgIpc) is 1.65. The van der Waals surface area contributed by atoms with Gasteiger partial charge in [-0.15, -0.1) is 0 Å². The van der Waals surface area contributed by atoms with Crippen LogP contribution in [0.15, 0.2) is 0 Å². The molecule has 0 amide bonds. The van der Waals surface area contributed by atoms with Crippen molar-refractivity contribution in [1.82, 2.24) is 0 Å². The molecule has 0 N–H and O–H groups in total. The molecule has 0 atom stereocenters. The molecule has 0 spiro atoms. The molecule has 0 radical (unpaired) electrons. The summed E-state index contributed by atoms with van der Waals surface area (Å²) in [4.78, 5) is 4.79. The van der Waals surface area contributed by atoms with E-state index in [1.165, 1.54) is 2.01 Å². The van der Waals surface area contributed by atoms with Gasteiger partial charge in [-0.2, -0.15) is 0 Å². The van der Waals surface area contributed by atoms with Crippen LogP contribution < -0.4 is 0 Å². The summed E-state index contributed by atoms with van der Waals surface area (Å²) in [5, 5.41) is 0. The Labute approximate surface area is 60.2 Å². The third-order valence-electron chi connectivity index (χ3n) is 0.664. The van der Waals surface area contributed by atoms with Gasteiger partial charge < -0.3 is 0 Å². The Balaban J connectivity index is 2.75. The Kier molecular flexibility index (Phi) is 5.98. The van der Waals surface area contributed by atoms with Crippen LogP contribution >= 0.6 is 0 Å². The monoisotopic (exact) mass is 318 g/mol. The van der Waals surface area contributed by atoms with Gasteiger partial charge in [0.05, 0.1) is 0 Å². The predicted octanol–water partition coefficient (Wildman–Crippen LogP) is 1.26. The van der Waals surface area contributed by atoms with Crippen molar-refractivity contribution >= 4 is 41.8 Å². The van der Waals surface area contributed by atoms with E-state index in [2.05, 4.69) is 16.9 Å². The Morgan fingerprint density at radius 1 is 1.17 bits per heavy atom. The maximum atomic E-state index is 2.39. The van der Waals surface area contributed by atoms with Crippen molar-refractivity contribution in [1.29, 1.82) is 0 Å². The molecular weight excluding hydrogens is 303 g/mol. The topological polar surface area (TPSA) is 0 Å². The van der Waals surface area contributed by atoms with Gasteiger partial charge in [0.15, 0.2) is 0 Å². The van der Waals surface area contributed by atoms with Crippen LogP contribution in [0, 0.1) is 0 Å². The van der Waals surface area contributed by atoms with E-state index >= 15 is 0 Å². The molecular formula is C4H10Te2. The van der Waals surface area contributed by atoms with Crippen molar-refractivity contribution in [3.05, 3.63) is 0 Å². The second-order valence-electron chi connectivity index (χ2n) is 1.04. The number of hydrogen-bond donors (Lipinski definition) is 0. The van der Waals surface area contributed by atoms with Crippen molar-refractivity contribution in [2.24, 2.45) is 0 Å². The van der Waals surface area contributed by atoms with Crippen LogP contribution in [0.5, 0.6) is 0 Å². The van der Waals surface area contributed by atoms with Gasteiger partial charge in [0.1, 0.15) is 0 Å². The summed E-state index contributed by atoms with van der Waals surface area (Å²) in [5.74, 6) is 0. The van der Waals surface area contributed by atoms with Gasteiger partial charge in [-0.25, -0.2) is 0 Å². The maximum absolute atomic E-state index is 2.39. The van der Waals surface area contributed by atoms with Gasteiger partial charge in [-0.3, -0.25) is 0 Å². The summed E-state index contributed by atoms with van der Waals surface area (Å²) in [6.07, 6.45) is 0. The summed E-state index contributed by atoms with van der Waals surface area (Å²) in [6, 6.07) is 0. The molecule has 0 aliphatic rings. The Morgan fingerprint density at radius 2 is 1.50 bits per heavy atom. The fourth-order valence-corrected chi connectivity index (χ4v) is 4.33. The van der Waals surface area contributed by atoms with Gasteiger partial charge in [-0.1, -0.05) is 0 Å². The number of hydrogen-bond acceptors (Lipinski definition) is 0. The molecule has 0 rings (SSSR count). The molecule has 0 aliphatic carbocycles. The first-order valence-corrected chi connectivity index (χ1v) is 9.22. The fourth-order valence-electron chi connectivity index (χ4n) is 0.0962. The molecule has 0 unspecified atom stereocenters. The molecule has 38 valence electrons. The van der Waals surface area contributed by atoms with Gasteiger partial charge in [0, 0.05) is 0 Å². The van der Waals surface area contributed by atoms with Crippen molar-refractivity contribution in [2.75, 3.05) is 0 Å². The second-order valence-corrected chi connectivity index (χ2v) is 10.7. The summed E-state index contributed by atoms with van der Waals surface area (Å²) < 4.78 is 1.20. The minimum absolute atomic E-state index is 0.460. The van der Waals surface area contributed by atoms with Crippen LogP contribution in [-0.2, 0) is 0 Å². The fraction of sp³-hybridized carbons (Fsp3) is 1.00. The van der Waals surface area contributed by atoms with Gasteiger partial charge in [0.2, 0.25) is 0 Å². The van der Waals surface area contributed by atoms with Crippen LogP contribution in [-0.4, -0.2) is 41.8 Å². The van der Waals surface area contributed by atoms with Crippen molar-refractivity contribution in [2.45, 2.75) is 18.9 Å². The van der Waals surface area contributed by atoms with E-state index in [4.69, 9.17) is 0 Å². The SMILES string of the molecule is C[Te]C(C)[Te]C. The summed E-state index contributed by atoms with van der Waals surface area (Å²) in [7, 11) is 0. The van der Waals surface area contributed by atoms with Crippen LogP contribution in [0.25, 0.3) is 0 Å². The van der Waals surface area contributed by atoms with E-state index in [0.717, 1.165) is 0 Å². The molecule has 0 aromatic heterocycles. The van der Waals surface area contributed by atoms with Crippen LogP contribution in [0.4, 0.5) is 0 Å². The summed E-state index contributed by atoms with van der Waals surface area (Å²) >= 11 is 0.919. The van der Waals surface area contributed by atoms with Crippen molar-refractivity contribution < 1.29 is 0 Å². The van der Waals surface area contributed by atoms with E-state index in [1.807, 2.05) is 0 Å². The second kappa shape index (κ2) is 4.73. The molecule has 2 heteroatoms. The molecule has 0 saturated carbocycles. The van der Waals surface area contributed by atoms with E-state index < -0.39 is 0 Å². The van der Waals surface area contributed by atoms with E-state index in [-0.39, 0.29) is 0 Å². The first-order valence-electron chi connectivity index (χ1n) is 1.87. The molecule has 0 bridgehead atoms. The molecule has 0 fully saturated rings. The van der Waals surface area contributed by atoms with Crippen molar-refractivity contribution in [3.63, 3.8) is 0 Å². The first-order chi connectivity index (χ1) is 2.81. The zero-order chi connectivity index (χ0) is 4.99. The predicted molar refractivity (Wildman–Crippen MR) is 32.7 cm³/mol. The Bertz CT molecular complexity index is 24.7. The Hall–Kier alpha value is 1.58. The summed E-state index contributed by atoms with van der Waals surface area (Å²) in [6.45, 7) is 2.39. The standard InChI is InChI=1S/C4H10Te2/c1-4(5-2)6-3/h4H,1-3H3. The molecule has 0 aromatic carbocycles. The van der Waals surface area contributed by atoms with Crippen molar-refractivity contribution in [3.8, 4) is 0 Å². The van der Waals surface area contributed by atoms with Crippen LogP contribution in [0.2, 0.25) is 12.0 Å². The normalized spacial score (nSPS) is 10.0. The summed E-state index contributed by atoms with van der Waals surface area (Å²) in [5.41, 5.74) is 0. The molecule has 0 aromatic rings. The average molecular weight is 313 g/mol. The van der Waals surface area contributed by atoms with Gasteiger partial charge in [0.25, 0.3) is 0 Å². The van der Waals surface area contributed by atoms with Gasteiger partial charge in [-0.05, 0) is 0 Å². The first kappa shape index (κ1) is 7.58. The zero-order valence-corrected chi connectivity index (χ0v) is 9.05. The molecule has 0 nitrogen and oxygen atoms in total. The van der Waals surface area contributed by atoms with Crippen LogP contribution in [0.1, 0.15) is 6.92 Å². The molecule has 0 saturated heterocycles. The van der Waals surface area contributed by atoms with Crippen LogP contribution in [0.3, 0.4) is 0 Å². The van der Waals surface area contributed by atoms with E-state index in [1.54, 1.807) is 0 Å². The number of rotatable bonds is 2. The minimum atomic E-state index is 0.460. The Morgan fingerprint density at radius 3 is 1.50 bits per heavy atom. The molecule has 0 aliphatic heterocycles.